The summed E-state index contributed by atoms with van der Waals surface area (Å²) in [6, 6.07) is 9.16. The molecule has 110 valence electrons. The van der Waals surface area contributed by atoms with Crippen molar-refractivity contribution in [1.82, 2.24) is 5.32 Å². The summed E-state index contributed by atoms with van der Waals surface area (Å²) in [5, 5.41) is 14.6. The molecular formula is C17H25NO2. The minimum absolute atomic E-state index is 0.285. The Bertz CT molecular complexity index is 431. The molecule has 2 N–H and O–H groups in total. The number of nitrogens with one attached hydrogen (secondary N) is 1. The van der Waals surface area contributed by atoms with E-state index in [1.54, 1.807) is 0 Å². The maximum Gasteiger partial charge on any atom is 0.0927 e. The van der Waals surface area contributed by atoms with Gasteiger partial charge in [-0.05, 0) is 36.8 Å². The summed E-state index contributed by atoms with van der Waals surface area (Å²) < 4.78 is 5.56. The van der Waals surface area contributed by atoms with Crippen molar-refractivity contribution in [2.75, 3.05) is 13.2 Å². The zero-order valence-electron chi connectivity index (χ0n) is 12.3. The molecule has 2 atom stereocenters. The number of benzene rings is 1. The van der Waals surface area contributed by atoms with E-state index < -0.39 is 5.60 Å². The Morgan fingerprint density at radius 2 is 1.85 bits per heavy atom. The van der Waals surface area contributed by atoms with Crippen molar-refractivity contribution in [3.63, 3.8) is 0 Å². The van der Waals surface area contributed by atoms with E-state index in [4.69, 9.17) is 4.74 Å². The third-order valence-corrected chi connectivity index (χ3v) is 4.59. The number of piperidine rings is 1. The first-order valence-electron chi connectivity index (χ1n) is 7.85. The average Bonchev–Trinajstić information content (AvgIpc) is 2.45. The molecule has 0 amide bonds. The van der Waals surface area contributed by atoms with Gasteiger partial charge in [-0.1, -0.05) is 37.6 Å². The van der Waals surface area contributed by atoms with Crippen molar-refractivity contribution in [2.24, 2.45) is 0 Å². The first-order chi connectivity index (χ1) is 9.69. The summed E-state index contributed by atoms with van der Waals surface area (Å²) in [6.07, 6.45) is 5.08. The zero-order chi connectivity index (χ0) is 14.0. The van der Waals surface area contributed by atoms with Gasteiger partial charge in [-0.2, -0.15) is 0 Å². The van der Waals surface area contributed by atoms with Crippen molar-refractivity contribution in [3.05, 3.63) is 35.4 Å². The molecule has 2 bridgehead atoms. The minimum atomic E-state index is -0.687. The molecule has 0 spiro atoms. The van der Waals surface area contributed by atoms with Crippen molar-refractivity contribution < 1.29 is 9.84 Å². The summed E-state index contributed by atoms with van der Waals surface area (Å²) in [5.41, 5.74) is 1.75. The number of hydrogen-bond acceptors (Lipinski definition) is 3. The minimum Gasteiger partial charge on any atom is -0.385 e. The molecule has 0 saturated carbocycles. The molecule has 2 aliphatic rings. The molecule has 0 aliphatic carbocycles. The van der Waals surface area contributed by atoms with E-state index in [0.29, 0.717) is 13.2 Å². The fraction of sp³-hybridized carbons (Fsp3) is 0.647. The van der Waals surface area contributed by atoms with Crippen LogP contribution in [0.15, 0.2) is 24.3 Å². The summed E-state index contributed by atoms with van der Waals surface area (Å²) in [4.78, 5) is 0. The first kappa shape index (κ1) is 14.1. The molecule has 2 saturated heterocycles. The van der Waals surface area contributed by atoms with Crippen LogP contribution >= 0.6 is 0 Å². The predicted octanol–water partition coefficient (Wildman–Crippen LogP) is 2.37. The van der Waals surface area contributed by atoms with Crippen LogP contribution in [0.1, 0.15) is 43.7 Å². The van der Waals surface area contributed by atoms with Gasteiger partial charge in [0.15, 0.2) is 0 Å². The van der Waals surface area contributed by atoms with Crippen LogP contribution in [0.3, 0.4) is 0 Å². The molecular weight excluding hydrogens is 250 g/mol. The number of ether oxygens (including phenoxy) is 1. The lowest BCUT2D eigenvalue weighted by molar-refractivity contribution is -0.0802. The maximum absolute atomic E-state index is 11.0. The molecule has 2 fully saturated rings. The molecule has 2 unspecified atom stereocenters. The van der Waals surface area contributed by atoms with Crippen LogP contribution in [0.5, 0.6) is 0 Å². The standard InChI is InChI=1S/C17H25NO2/c1-2-3-4-13-5-7-14(8-6-13)17(19)9-15-11-20-12-16(10-17)18-15/h5-8,15-16,18-19H,2-4,9-12H2,1H3. The number of aliphatic hydroxyl groups is 1. The van der Waals surface area contributed by atoms with E-state index >= 15 is 0 Å². The van der Waals surface area contributed by atoms with E-state index in [9.17, 15) is 5.11 Å². The van der Waals surface area contributed by atoms with Gasteiger partial charge < -0.3 is 15.2 Å². The lowest BCUT2D eigenvalue weighted by atomic mass is 9.78. The lowest BCUT2D eigenvalue weighted by Crippen LogP contribution is -2.58. The maximum atomic E-state index is 11.0. The number of aryl methyl sites for hydroxylation is 1. The molecule has 1 aromatic carbocycles. The van der Waals surface area contributed by atoms with E-state index in [1.807, 2.05) is 0 Å². The highest BCUT2D eigenvalue weighted by molar-refractivity contribution is 5.28. The van der Waals surface area contributed by atoms with Gasteiger partial charge in [0.1, 0.15) is 0 Å². The fourth-order valence-electron chi connectivity index (χ4n) is 3.51. The quantitative estimate of drug-likeness (QED) is 0.886. The number of unbranched alkanes of at least 4 members (excludes halogenated alkanes) is 1. The molecule has 1 aromatic rings. The number of morpholine rings is 1. The van der Waals surface area contributed by atoms with Crippen LogP contribution < -0.4 is 5.32 Å². The second-order valence-corrected chi connectivity index (χ2v) is 6.34. The summed E-state index contributed by atoms with van der Waals surface area (Å²) in [7, 11) is 0. The lowest BCUT2D eigenvalue weighted by Gasteiger charge is -2.45. The van der Waals surface area contributed by atoms with Crippen LogP contribution in [-0.2, 0) is 16.8 Å². The summed E-state index contributed by atoms with van der Waals surface area (Å²) >= 11 is 0. The second kappa shape index (κ2) is 5.84. The fourth-order valence-corrected chi connectivity index (χ4v) is 3.51. The second-order valence-electron chi connectivity index (χ2n) is 6.34. The van der Waals surface area contributed by atoms with E-state index in [2.05, 4.69) is 36.5 Å². The van der Waals surface area contributed by atoms with Crippen molar-refractivity contribution in [2.45, 2.75) is 56.7 Å². The third-order valence-electron chi connectivity index (χ3n) is 4.59. The van der Waals surface area contributed by atoms with Gasteiger partial charge in [0.2, 0.25) is 0 Å². The Kier molecular flexibility index (Phi) is 4.11. The third kappa shape index (κ3) is 2.90. The Morgan fingerprint density at radius 3 is 2.45 bits per heavy atom. The molecule has 2 aliphatic heterocycles. The molecule has 3 rings (SSSR count). The Balaban J connectivity index is 1.74. The van der Waals surface area contributed by atoms with Gasteiger partial charge in [-0.25, -0.2) is 0 Å². The van der Waals surface area contributed by atoms with Crippen LogP contribution in [0.4, 0.5) is 0 Å². The SMILES string of the molecule is CCCCc1ccc(C2(O)CC3COCC(C2)N3)cc1. The molecule has 3 heteroatoms. The molecule has 3 nitrogen and oxygen atoms in total. The number of fused-ring (bicyclic) bond motifs is 2. The van der Waals surface area contributed by atoms with Crippen molar-refractivity contribution >= 4 is 0 Å². The van der Waals surface area contributed by atoms with E-state index in [0.717, 1.165) is 24.8 Å². The van der Waals surface area contributed by atoms with E-state index in [-0.39, 0.29) is 12.1 Å². The van der Waals surface area contributed by atoms with Crippen LogP contribution in [0, 0.1) is 0 Å². The van der Waals surface area contributed by atoms with Crippen molar-refractivity contribution in [3.8, 4) is 0 Å². The Hall–Kier alpha value is -0.900. The topological polar surface area (TPSA) is 41.5 Å². The summed E-state index contributed by atoms with van der Waals surface area (Å²) in [6.45, 7) is 3.65. The van der Waals surface area contributed by atoms with Crippen LogP contribution in [0.25, 0.3) is 0 Å². The van der Waals surface area contributed by atoms with Gasteiger partial charge in [-0.3, -0.25) is 0 Å². The molecule has 2 heterocycles. The summed E-state index contributed by atoms with van der Waals surface area (Å²) in [5.74, 6) is 0. The smallest absolute Gasteiger partial charge is 0.0927 e. The van der Waals surface area contributed by atoms with Crippen LogP contribution in [-0.4, -0.2) is 30.4 Å². The molecule has 0 aromatic heterocycles. The Labute approximate surface area is 121 Å². The highest BCUT2D eigenvalue weighted by Crippen LogP contribution is 2.36. The molecule has 0 radical (unpaired) electrons. The largest absolute Gasteiger partial charge is 0.385 e. The monoisotopic (exact) mass is 275 g/mol. The first-order valence-corrected chi connectivity index (χ1v) is 7.85. The van der Waals surface area contributed by atoms with Gasteiger partial charge in [0, 0.05) is 12.1 Å². The van der Waals surface area contributed by atoms with E-state index in [1.165, 1.54) is 18.4 Å². The van der Waals surface area contributed by atoms with Crippen molar-refractivity contribution in [1.29, 1.82) is 0 Å². The van der Waals surface area contributed by atoms with Gasteiger partial charge in [0.25, 0.3) is 0 Å². The van der Waals surface area contributed by atoms with Gasteiger partial charge in [-0.15, -0.1) is 0 Å². The van der Waals surface area contributed by atoms with Crippen LogP contribution in [0.2, 0.25) is 0 Å². The normalized spacial score (nSPS) is 33.1. The molecule has 20 heavy (non-hydrogen) atoms. The highest BCUT2D eigenvalue weighted by Gasteiger charge is 2.42. The average molecular weight is 275 g/mol. The number of rotatable bonds is 4. The highest BCUT2D eigenvalue weighted by atomic mass is 16.5. The van der Waals surface area contributed by atoms with Gasteiger partial charge >= 0.3 is 0 Å². The van der Waals surface area contributed by atoms with Gasteiger partial charge in [0.05, 0.1) is 18.8 Å². The Morgan fingerprint density at radius 1 is 1.20 bits per heavy atom. The number of hydrogen-bond donors (Lipinski definition) is 2. The predicted molar refractivity (Wildman–Crippen MR) is 79.7 cm³/mol. The zero-order valence-corrected chi connectivity index (χ0v) is 12.3.